The fourth-order valence-electron chi connectivity index (χ4n) is 1.72. The number of hydrogen-bond acceptors (Lipinski definition) is 3. The third-order valence-electron chi connectivity index (χ3n) is 3.14. The van der Waals surface area contributed by atoms with Gasteiger partial charge in [0.2, 0.25) is 0 Å². The van der Waals surface area contributed by atoms with Crippen molar-refractivity contribution < 1.29 is 14.3 Å². The molecule has 1 atom stereocenters. The summed E-state index contributed by atoms with van der Waals surface area (Å²) >= 11 is 0. The van der Waals surface area contributed by atoms with Crippen molar-refractivity contribution in [2.24, 2.45) is 5.92 Å². The van der Waals surface area contributed by atoms with Gasteiger partial charge in [0, 0.05) is 20.7 Å². The van der Waals surface area contributed by atoms with Crippen LogP contribution in [0.5, 0.6) is 0 Å². The van der Waals surface area contributed by atoms with Crippen molar-refractivity contribution in [2.75, 3.05) is 20.7 Å². The second kappa shape index (κ2) is 5.71. The smallest absolute Gasteiger partial charge is 0.410 e. The highest BCUT2D eigenvalue weighted by Gasteiger charge is 2.42. The molecule has 0 bridgehead atoms. The van der Waals surface area contributed by atoms with Crippen molar-refractivity contribution in [1.29, 1.82) is 0 Å². The lowest BCUT2D eigenvalue weighted by Crippen LogP contribution is -2.37. The molecule has 1 rings (SSSR count). The molecule has 1 saturated carbocycles. The molecule has 0 N–H and O–H groups in total. The fourth-order valence-corrected chi connectivity index (χ4v) is 1.72. The summed E-state index contributed by atoms with van der Waals surface area (Å²) in [5, 5.41) is 0. The molecule has 1 amide bonds. The molecule has 1 aliphatic carbocycles. The molecule has 0 spiro atoms. The number of ether oxygens (including phenoxy) is 2. The van der Waals surface area contributed by atoms with Gasteiger partial charge in [0.15, 0.2) is 0 Å². The molecule has 4 heteroatoms. The molecule has 17 heavy (non-hydrogen) atoms. The highest BCUT2D eigenvalue weighted by molar-refractivity contribution is 5.68. The summed E-state index contributed by atoms with van der Waals surface area (Å²) in [6, 6.07) is 0. The van der Waals surface area contributed by atoms with Crippen LogP contribution in [-0.2, 0) is 9.47 Å². The Morgan fingerprint density at radius 3 is 2.41 bits per heavy atom. The van der Waals surface area contributed by atoms with E-state index in [-0.39, 0.29) is 17.8 Å². The van der Waals surface area contributed by atoms with E-state index in [2.05, 4.69) is 13.8 Å². The standard InChI is InChI=1S/C13H25NO3/c1-10(2)8-11(16-5)9-14(4)12(15)17-13(3)6-7-13/h10-11H,6-9H2,1-5H3. The van der Waals surface area contributed by atoms with E-state index < -0.39 is 0 Å². The Morgan fingerprint density at radius 2 is 2.00 bits per heavy atom. The van der Waals surface area contributed by atoms with Crippen molar-refractivity contribution in [3.05, 3.63) is 0 Å². The Balaban J connectivity index is 2.35. The molecule has 100 valence electrons. The van der Waals surface area contributed by atoms with Crippen LogP contribution >= 0.6 is 0 Å². The lowest BCUT2D eigenvalue weighted by Gasteiger charge is -2.25. The van der Waals surface area contributed by atoms with Gasteiger partial charge in [-0.3, -0.25) is 0 Å². The first-order chi connectivity index (χ1) is 7.86. The third kappa shape index (κ3) is 4.94. The Kier molecular flexibility index (Phi) is 4.80. The van der Waals surface area contributed by atoms with Gasteiger partial charge in [0.1, 0.15) is 5.60 Å². The van der Waals surface area contributed by atoms with Gasteiger partial charge < -0.3 is 14.4 Å². The average molecular weight is 243 g/mol. The van der Waals surface area contributed by atoms with Gasteiger partial charge in [0.05, 0.1) is 6.10 Å². The van der Waals surface area contributed by atoms with Crippen LogP contribution in [0.15, 0.2) is 0 Å². The van der Waals surface area contributed by atoms with E-state index in [0.29, 0.717) is 12.5 Å². The summed E-state index contributed by atoms with van der Waals surface area (Å²) in [5.41, 5.74) is -0.202. The largest absolute Gasteiger partial charge is 0.443 e. The van der Waals surface area contributed by atoms with Crippen molar-refractivity contribution in [3.63, 3.8) is 0 Å². The number of carbonyl (C=O) groups is 1. The van der Waals surface area contributed by atoms with Crippen LogP contribution < -0.4 is 0 Å². The van der Waals surface area contributed by atoms with Gasteiger partial charge in [0.25, 0.3) is 0 Å². The third-order valence-corrected chi connectivity index (χ3v) is 3.14. The minimum absolute atomic E-state index is 0.0829. The predicted octanol–water partition coefficient (Wildman–Crippen LogP) is 2.67. The number of likely N-dealkylation sites (N-methyl/N-ethyl adjacent to an activating group) is 1. The van der Waals surface area contributed by atoms with E-state index in [1.807, 2.05) is 6.92 Å². The number of hydrogen-bond donors (Lipinski definition) is 0. The monoisotopic (exact) mass is 243 g/mol. The van der Waals surface area contributed by atoms with E-state index >= 15 is 0 Å². The van der Waals surface area contributed by atoms with Crippen LogP contribution in [-0.4, -0.2) is 43.4 Å². The Morgan fingerprint density at radius 1 is 1.41 bits per heavy atom. The molecule has 0 aliphatic heterocycles. The molecule has 0 aromatic heterocycles. The molecule has 0 saturated heterocycles. The first-order valence-electron chi connectivity index (χ1n) is 6.33. The molecule has 1 unspecified atom stereocenters. The van der Waals surface area contributed by atoms with Crippen LogP contribution in [0.25, 0.3) is 0 Å². The Labute approximate surface area is 104 Å². The van der Waals surface area contributed by atoms with Crippen LogP contribution in [0.1, 0.15) is 40.0 Å². The quantitative estimate of drug-likeness (QED) is 0.720. The lowest BCUT2D eigenvalue weighted by molar-refractivity contribution is 0.0307. The molecule has 0 heterocycles. The fraction of sp³-hybridized carbons (Fsp3) is 0.923. The summed E-state index contributed by atoms with van der Waals surface area (Å²) in [6.07, 6.45) is 2.75. The van der Waals surface area contributed by atoms with Crippen molar-refractivity contribution >= 4 is 6.09 Å². The second-order valence-electron chi connectivity index (χ2n) is 5.69. The number of rotatable bonds is 6. The first kappa shape index (κ1) is 14.3. The zero-order valence-electron chi connectivity index (χ0n) is 11.7. The van der Waals surface area contributed by atoms with E-state index in [1.165, 1.54) is 0 Å². The highest BCUT2D eigenvalue weighted by atomic mass is 16.6. The molecule has 0 aromatic rings. The molecule has 0 radical (unpaired) electrons. The van der Waals surface area contributed by atoms with Crippen molar-refractivity contribution in [1.82, 2.24) is 4.90 Å². The highest BCUT2D eigenvalue weighted by Crippen LogP contribution is 2.39. The van der Waals surface area contributed by atoms with E-state index in [0.717, 1.165) is 19.3 Å². The summed E-state index contributed by atoms with van der Waals surface area (Å²) < 4.78 is 10.8. The second-order valence-corrected chi connectivity index (χ2v) is 5.69. The van der Waals surface area contributed by atoms with E-state index in [4.69, 9.17) is 9.47 Å². The van der Waals surface area contributed by atoms with Crippen molar-refractivity contribution in [2.45, 2.75) is 51.7 Å². The van der Waals surface area contributed by atoms with Crippen molar-refractivity contribution in [3.8, 4) is 0 Å². The normalized spacial score (nSPS) is 18.9. The minimum atomic E-state index is -0.240. The maximum Gasteiger partial charge on any atom is 0.410 e. The summed E-state index contributed by atoms with van der Waals surface area (Å²) in [6.45, 7) is 6.86. The molecule has 4 nitrogen and oxygen atoms in total. The molecule has 1 aliphatic rings. The topological polar surface area (TPSA) is 38.8 Å². The summed E-state index contributed by atoms with van der Waals surface area (Å²) in [5.74, 6) is 0.560. The van der Waals surface area contributed by atoms with E-state index in [1.54, 1.807) is 19.1 Å². The zero-order valence-corrected chi connectivity index (χ0v) is 11.7. The maximum atomic E-state index is 11.8. The van der Waals surface area contributed by atoms with Crippen LogP contribution in [0.2, 0.25) is 0 Å². The first-order valence-corrected chi connectivity index (χ1v) is 6.33. The van der Waals surface area contributed by atoms with Crippen LogP contribution in [0, 0.1) is 5.92 Å². The maximum absolute atomic E-state index is 11.8. The number of carbonyl (C=O) groups excluding carboxylic acids is 1. The molecule has 1 fully saturated rings. The summed E-state index contributed by atoms with van der Waals surface area (Å²) in [7, 11) is 3.45. The summed E-state index contributed by atoms with van der Waals surface area (Å²) in [4.78, 5) is 13.4. The van der Waals surface area contributed by atoms with Crippen LogP contribution in [0.4, 0.5) is 4.79 Å². The van der Waals surface area contributed by atoms with Gasteiger partial charge in [-0.25, -0.2) is 4.79 Å². The van der Waals surface area contributed by atoms with Gasteiger partial charge in [-0.15, -0.1) is 0 Å². The number of methoxy groups -OCH3 is 1. The van der Waals surface area contributed by atoms with Gasteiger partial charge in [-0.05, 0) is 32.1 Å². The molecular weight excluding hydrogens is 218 g/mol. The SMILES string of the molecule is COC(CC(C)C)CN(C)C(=O)OC1(C)CC1. The molecular formula is C13H25NO3. The number of amides is 1. The zero-order chi connectivity index (χ0) is 13.1. The molecule has 0 aromatic carbocycles. The van der Waals surface area contributed by atoms with Gasteiger partial charge >= 0.3 is 6.09 Å². The van der Waals surface area contributed by atoms with Crippen LogP contribution in [0.3, 0.4) is 0 Å². The lowest BCUT2D eigenvalue weighted by atomic mass is 10.1. The Hall–Kier alpha value is -0.770. The minimum Gasteiger partial charge on any atom is -0.443 e. The predicted molar refractivity (Wildman–Crippen MR) is 67.0 cm³/mol. The number of nitrogens with zero attached hydrogens (tertiary/aromatic N) is 1. The van der Waals surface area contributed by atoms with Gasteiger partial charge in [-0.1, -0.05) is 13.8 Å². The average Bonchev–Trinajstić information content (AvgIpc) is 2.94. The Bertz CT molecular complexity index is 261. The van der Waals surface area contributed by atoms with E-state index in [9.17, 15) is 4.79 Å². The van der Waals surface area contributed by atoms with Gasteiger partial charge in [-0.2, -0.15) is 0 Å².